The number of benzene rings is 1. The van der Waals surface area contributed by atoms with E-state index in [9.17, 15) is 0 Å². The Labute approximate surface area is 124 Å². The van der Waals surface area contributed by atoms with E-state index in [0.29, 0.717) is 6.04 Å². The molecule has 1 atom stereocenters. The number of anilines is 1. The van der Waals surface area contributed by atoms with Crippen LogP contribution in [0.4, 0.5) is 5.69 Å². The second kappa shape index (κ2) is 5.94. The summed E-state index contributed by atoms with van der Waals surface area (Å²) in [7, 11) is 0. The molecule has 4 heteroatoms. The van der Waals surface area contributed by atoms with E-state index in [1.807, 2.05) is 11.7 Å². The lowest BCUT2D eigenvalue weighted by Crippen LogP contribution is -2.51. The summed E-state index contributed by atoms with van der Waals surface area (Å²) < 4.78 is 0. The number of aromatic nitrogens is 1. The zero-order valence-electron chi connectivity index (χ0n) is 12.1. The van der Waals surface area contributed by atoms with E-state index < -0.39 is 0 Å². The first-order valence-corrected chi connectivity index (χ1v) is 8.03. The van der Waals surface area contributed by atoms with Gasteiger partial charge in [-0.1, -0.05) is 17.7 Å². The first-order chi connectivity index (χ1) is 9.72. The average molecular weight is 287 g/mol. The summed E-state index contributed by atoms with van der Waals surface area (Å²) >= 11 is 1.75. The molecular formula is C16H21N3S. The highest BCUT2D eigenvalue weighted by atomic mass is 32.1. The van der Waals surface area contributed by atoms with Gasteiger partial charge in [0.05, 0.1) is 5.51 Å². The zero-order valence-corrected chi connectivity index (χ0v) is 12.9. The fourth-order valence-corrected chi connectivity index (χ4v) is 3.36. The minimum Gasteiger partial charge on any atom is -0.369 e. The molecule has 0 radical (unpaired) electrons. The van der Waals surface area contributed by atoms with Crippen molar-refractivity contribution in [1.82, 2.24) is 9.88 Å². The van der Waals surface area contributed by atoms with Gasteiger partial charge in [0.1, 0.15) is 0 Å². The molecule has 106 valence electrons. The standard InChI is InChI=1S/C16H21N3S/c1-13-3-5-15(6-4-13)19-8-7-18(14(2)10-19)11-16-9-17-12-20-16/h3-6,9,12,14H,7-8,10-11H2,1-2H3/t14-/m0/s1. The lowest BCUT2D eigenvalue weighted by Gasteiger charge is -2.40. The molecule has 2 aromatic rings. The molecule has 1 saturated heterocycles. The van der Waals surface area contributed by atoms with Crippen molar-refractivity contribution in [2.24, 2.45) is 0 Å². The number of hydrogen-bond donors (Lipinski definition) is 0. The van der Waals surface area contributed by atoms with E-state index in [4.69, 9.17) is 0 Å². The molecule has 1 aromatic heterocycles. The van der Waals surface area contributed by atoms with Crippen LogP contribution in [0.2, 0.25) is 0 Å². The van der Waals surface area contributed by atoms with Crippen LogP contribution in [-0.4, -0.2) is 35.6 Å². The van der Waals surface area contributed by atoms with E-state index in [1.54, 1.807) is 11.3 Å². The molecule has 0 amide bonds. The summed E-state index contributed by atoms with van der Waals surface area (Å²) in [6, 6.07) is 9.45. The van der Waals surface area contributed by atoms with E-state index in [0.717, 1.165) is 26.2 Å². The maximum absolute atomic E-state index is 4.16. The zero-order chi connectivity index (χ0) is 13.9. The average Bonchev–Trinajstić information content (AvgIpc) is 2.95. The maximum Gasteiger partial charge on any atom is 0.0794 e. The third-order valence-corrected chi connectivity index (χ3v) is 4.77. The number of rotatable bonds is 3. The molecule has 0 aliphatic carbocycles. The lowest BCUT2D eigenvalue weighted by molar-refractivity contribution is 0.182. The van der Waals surface area contributed by atoms with Gasteiger partial charge >= 0.3 is 0 Å². The van der Waals surface area contributed by atoms with Gasteiger partial charge in [0.25, 0.3) is 0 Å². The van der Waals surface area contributed by atoms with Crippen LogP contribution in [0, 0.1) is 6.92 Å². The van der Waals surface area contributed by atoms with Crippen LogP contribution in [0.5, 0.6) is 0 Å². The molecule has 0 N–H and O–H groups in total. The van der Waals surface area contributed by atoms with Crippen molar-refractivity contribution >= 4 is 17.0 Å². The van der Waals surface area contributed by atoms with Gasteiger partial charge in [-0.2, -0.15) is 0 Å². The summed E-state index contributed by atoms with van der Waals surface area (Å²) in [6.07, 6.45) is 1.99. The van der Waals surface area contributed by atoms with Crippen molar-refractivity contribution in [3.8, 4) is 0 Å². The second-order valence-corrected chi connectivity index (χ2v) is 6.54. The van der Waals surface area contributed by atoms with Crippen molar-refractivity contribution in [2.75, 3.05) is 24.5 Å². The molecule has 1 aromatic carbocycles. The molecule has 1 aliphatic heterocycles. The molecule has 20 heavy (non-hydrogen) atoms. The van der Waals surface area contributed by atoms with Gasteiger partial charge in [0.2, 0.25) is 0 Å². The number of nitrogens with zero attached hydrogens (tertiary/aromatic N) is 3. The summed E-state index contributed by atoms with van der Waals surface area (Å²) in [5, 5.41) is 0. The Kier molecular flexibility index (Phi) is 4.03. The van der Waals surface area contributed by atoms with Crippen LogP contribution in [0.25, 0.3) is 0 Å². The molecule has 3 rings (SSSR count). The Morgan fingerprint density at radius 2 is 2.05 bits per heavy atom. The molecule has 3 nitrogen and oxygen atoms in total. The monoisotopic (exact) mass is 287 g/mol. The lowest BCUT2D eigenvalue weighted by atomic mass is 10.1. The van der Waals surface area contributed by atoms with E-state index in [-0.39, 0.29) is 0 Å². The van der Waals surface area contributed by atoms with Crippen LogP contribution in [0.1, 0.15) is 17.4 Å². The first kappa shape index (κ1) is 13.6. The van der Waals surface area contributed by atoms with Gasteiger partial charge in [-0.3, -0.25) is 9.88 Å². The molecule has 2 heterocycles. The number of piperazine rings is 1. The topological polar surface area (TPSA) is 19.4 Å². The minimum atomic E-state index is 0.576. The number of hydrogen-bond acceptors (Lipinski definition) is 4. The first-order valence-electron chi connectivity index (χ1n) is 7.15. The highest BCUT2D eigenvalue weighted by Gasteiger charge is 2.24. The largest absolute Gasteiger partial charge is 0.369 e. The van der Waals surface area contributed by atoms with E-state index in [2.05, 4.69) is 52.9 Å². The van der Waals surface area contributed by atoms with Crippen LogP contribution in [0.15, 0.2) is 36.0 Å². The second-order valence-electron chi connectivity index (χ2n) is 5.57. The minimum absolute atomic E-state index is 0.576. The van der Waals surface area contributed by atoms with Crippen molar-refractivity contribution in [2.45, 2.75) is 26.4 Å². The highest BCUT2D eigenvalue weighted by Crippen LogP contribution is 2.21. The van der Waals surface area contributed by atoms with Crippen LogP contribution in [0.3, 0.4) is 0 Å². The van der Waals surface area contributed by atoms with Crippen LogP contribution >= 0.6 is 11.3 Å². The van der Waals surface area contributed by atoms with Crippen LogP contribution in [-0.2, 0) is 6.54 Å². The molecule has 0 bridgehead atoms. The SMILES string of the molecule is Cc1ccc(N2CCN(Cc3cncs3)[C@@H](C)C2)cc1. The predicted octanol–water partition coefficient (Wildman–Crippen LogP) is 3.16. The van der Waals surface area contributed by atoms with Crippen molar-refractivity contribution in [3.63, 3.8) is 0 Å². The van der Waals surface area contributed by atoms with Gasteiger partial charge in [-0.15, -0.1) is 11.3 Å². The van der Waals surface area contributed by atoms with Gasteiger partial charge in [-0.05, 0) is 26.0 Å². The molecule has 1 aliphatic rings. The molecule has 0 unspecified atom stereocenters. The highest BCUT2D eigenvalue weighted by molar-refractivity contribution is 7.09. The Bertz CT molecular complexity index is 535. The Balaban J connectivity index is 1.63. The van der Waals surface area contributed by atoms with E-state index >= 15 is 0 Å². The molecule has 0 saturated carbocycles. The Hall–Kier alpha value is -1.39. The molecule has 0 spiro atoms. The summed E-state index contributed by atoms with van der Waals surface area (Å²) in [4.78, 5) is 10.6. The van der Waals surface area contributed by atoms with E-state index in [1.165, 1.54) is 16.1 Å². The summed E-state index contributed by atoms with van der Waals surface area (Å²) in [6.45, 7) is 8.81. The quantitative estimate of drug-likeness (QED) is 0.864. The number of aryl methyl sites for hydroxylation is 1. The summed E-state index contributed by atoms with van der Waals surface area (Å²) in [5.41, 5.74) is 4.59. The third-order valence-electron chi connectivity index (χ3n) is 4.01. The Morgan fingerprint density at radius 1 is 1.25 bits per heavy atom. The normalized spacial score (nSPS) is 20.3. The van der Waals surface area contributed by atoms with Crippen molar-refractivity contribution in [3.05, 3.63) is 46.4 Å². The number of thiazole rings is 1. The van der Waals surface area contributed by atoms with Gasteiger partial charge in [0, 0.05) is 49.0 Å². The maximum atomic E-state index is 4.16. The summed E-state index contributed by atoms with van der Waals surface area (Å²) in [5.74, 6) is 0. The Morgan fingerprint density at radius 3 is 2.70 bits per heavy atom. The smallest absolute Gasteiger partial charge is 0.0794 e. The van der Waals surface area contributed by atoms with Crippen LogP contribution < -0.4 is 4.90 Å². The fourth-order valence-electron chi connectivity index (χ4n) is 2.74. The van der Waals surface area contributed by atoms with Gasteiger partial charge in [0.15, 0.2) is 0 Å². The van der Waals surface area contributed by atoms with Crippen molar-refractivity contribution < 1.29 is 0 Å². The molecular weight excluding hydrogens is 266 g/mol. The molecule has 1 fully saturated rings. The van der Waals surface area contributed by atoms with Gasteiger partial charge in [-0.25, -0.2) is 0 Å². The fraction of sp³-hybridized carbons (Fsp3) is 0.438. The van der Waals surface area contributed by atoms with Crippen molar-refractivity contribution in [1.29, 1.82) is 0 Å². The predicted molar refractivity (Wildman–Crippen MR) is 85.4 cm³/mol. The van der Waals surface area contributed by atoms with Gasteiger partial charge < -0.3 is 4.90 Å². The third kappa shape index (κ3) is 3.02.